The molecule has 5 heterocycles. The summed E-state index contributed by atoms with van der Waals surface area (Å²) in [6.07, 6.45) is 1.79. The first-order valence-corrected chi connectivity index (χ1v) is 25.0. The van der Waals surface area contributed by atoms with Crippen molar-refractivity contribution < 1.29 is 38.4 Å². The Labute approximate surface area is 411 Å². The van der Waals surface area contributed by atoms with Crippen LogP contribution in [-0.4, -0.2) is 116 Å². The third-order valence-electron chi connectivity index (χ3n) is 12.8. The summed E-state index contributed by atoms with van der Waals surface area (Å²) in [7, 11) is 0. The van der Waals surface area contributed by atoms with Crippen LogP contribution < -0.4 is 43.8 Å². The molecule has 20 nitrogen and oxygen atoms in total. The Kier molecular flexibility index (Phi) is 16.7. The van der Waals surface area contributed by atoms with Gasteiger partial charge in [-0.3, -0.25) is 38.4 Å². The lowest BCUT2D eigenvalue weighted by Crippen LogP contribution is -2.60. The molecule has 7 rings (SSSR count). The molecule has 0 saturated carbocycles. The maximum absolute atomic E-state index is 15.1. The van der Waals surface area contributed by atoms with Crippen molar-refractivity contribution >= 4 is 80.0 Å². The number of amides is 8. The predicted molar refractivity (Wildman–Crippen MR) is 263 cm³/mol. The second-order valence-corrected chi connectivity index (χ2v) is 19.6. The van der Waals surface area contributed by atoms with Crippen molar-refractivity contribution in [3.05, 3.63) is 83.2 Å². The Morgan fingerprint density at radius 3 is 2.29 bits per heavy atom. The molecule has 3 aromatic heterocycles. The number of carbonyl (C=O) groups is 8. The summed E-state index contributed by atoms with van der Waals surface area (Å²) in [5.74, 6) is -6.76. The summed E-state index contributed by atoms with van der Waals surface area (Å²) in [5.41, 5.74) is 20.5. The van der Waals surface area contributed by atoms with Gasteiger partial charge in [-0.15, -0.1) is 27.8 Å². The minimum atomic E-state index is -1.58. The van der Waals surface area contributed by atoms with Crippen molar-refractivity contribution in [2.24, 2.45) is 23.1 Å². The average Bonchev–Trinajstić information content (AvgIpc) is 4.19. The Balaban J connectivity index is 1.24. The molecule has 2 saturated heterocycles. The minimum absolute atomic E-state index is 0.0154. The van der Waals surface area contributed by atoms with Crippen molar-refractivity contribution in [1.29, 1.82) is 0 Å². The van der Waals surface area contributed by atoms with E-state index in [9.17, 15) is 33.6 Å². The predicted octanol–water partition coefficient (Wildman–Crippen LogP) is 1.64. The second-order valence-electron chi connectivity index (χ2n) is 17.8. The number of benzene rings is 2. The zero-order valence-corrected chi connectivity index (χ0v) is 40.4. The molecule has 370 valence electrons. The van der Waals surface area contributed by atoms with Crippen molar-refractivity contribution in [3.63, 3.8) is 0 Å². The van der Waals surface area contributed by atoms with E-state index in [2.05, 4.69) is 36.9 Å². The monoisotopic (exact) mass is 994 g/mol. The Bertz CT molecular complexity index is 2710. The maximum atomic E-state index is 15.1. The van der Waals surface area contributed by atoms with Crippen LogP contribution >= 0.6 is 22.7 Å². The molecule has 22 heteroatoms. The van der Waals surface area contributed by atoms with Crippen LogP contribution in [0.5, 0.6) is 0 Å². The first-order chi connectivity index (χ1) is 33.6. The minimum Gasteiger partial charge on any atom is -0.370 e. The SMILES string of the molecule is CC[C@H](C)[C@@H]1NC(=O)[C@H](CC(N)=O)NC(=O)[C@@H](N)CC(=O)NCCCC[C@@H](C(N)=O)NC(=O)[C@H](Cc2csc3ccccc23)NC(=O)[C@@H]2C[C@H](n3cc(-c4ccc(-c5cccs5)cc4)nn3)CN2C1=O. The van der Waals surface area contributed by atoms with Crippen molar-refractivity contribution in [1.82, 2.24) is 46.5 Å². The first-order valence-electron chi connectivity index (χ1n) is 23.2. The molecule has 0 bridgehead atoms. The lowest BCUT2D eigenvalue weighted by Gasteiger charge is -2.33. The molecular weight excluding hydrogens is 937 g/mol. The molecule has 11 N–H and O–H groups in total. The molecule has 0 radical (unpaired) electrons. The standard InChI is InChI=1S/C48H58N12O8S2/c1-3-26(2)42-48(68)59-23-30(60-24-36(57-58-60)27-13-15-28(16-14-27)38-12-8-18-69-38)20-37(59)47(67)55-34(19-29-25-70-39-11-5-4-9-31(29)39)45(65)53-33(43(51)63)10-6-7-17-52-41(62)21-32(49)44(64)54-35(22-40(50)61)46(66)56-42/h4-5,8-9,11-16,18,24-26,30,32-35,37,42H,3,6-7,10,17,19-23,49H2,1-2H3,(H2,50,61)(H2,51,63)(H,52,62)(H,53,65)(H,54,64)(H,55,67)(H,56,66)/t26-,30-,32-,33-,34-,35-,37-,42-/m0/s1. The van der Waals surface area contributed by atoms with Crippen LogP contribution in [0.25, 0.3) is 31.8 Å². The Morgan fingerprint density at radius 2 is 1.57 bits per heavy atom. The number of aromatic nitrogens is 3. The van der Waals surface area contributed by atoms with E-state index in [0.29, 0.717) is 25.0 Å². The number of nitrogens with zero attached hydrogens (tertiary/aromatic N) is 4. The first kappa shape index (κ1) is 50.8. The normalized spacial score (nSPS) is 24.2. The molecule has 8 amide bonds. The zero-order chi connectivity index (χ0) is 50.1. The average molecular weight is 995 g/mol. The van der Waals surface area contributed by atoms with Gasteiger partial charge in [0.25, 0.3) is 0 Å². The number of primary amides is 2. The van der Waals surface area contributed by atoms with Gasteiger partial charge in [0.2, 0.25) is 47.3 Å². The molecule has 8 atom stereocenters. The highest BCUT2D eigenvalue weighted by molar-refractivity contribution is 7.17. The van der Waals surface area contributed by atoms with Gasteiger partial charge >= 0.3 is 0 Å². The number of nitrogens with one attached hydrogen (secondary N) is 5. The molecule has 70 heavy (non-hydrogen) atoms. The van der Waals surface area contributed by atoms with Gasteiger partial charge < -0.3 is 48.7 Å². The molecule has 2 aliphatic heterocycles. The molecular formula is C48H58N12O8S2. The van der Waals surface area contributed by atoms with Crippen LogP contribution in [0.3, 0.4) is 0 Å². The van der Waals surface area contributed by atoms with E-state index in [0.717, 1.165) is 31.7 Å². The highest BCUT2D eigenvalue weighted by Crippen LogP contribution is 2.32. The molecule has 0 aliphatic carbocycles. The number of carbonyl (C=O) groups excluding carboxylic acids is 8. The van der Waals surface area contributed by atoms with Crippen molar-refractivity contribution in [2.75, 3.05) is 13.1 Å². The number of hydrogen-bond acceptors (Lipinski definition) is 13. The summed E-state index contributed by atoms with van der Waals surface area (Å²) in [5, 5.41) is 27.1. The van der Waals surface area contributed by atoms with Crippen LogP contribution in [0.1, 0.15) is 70.4 Å². The molecule has 0 spiro atoms. The zero-order valence-electron chi connectivity index (χ0n) is 38.8. The highest BCUT2D eigenvalue weighted by Gasteiger charge is 2.45. The van der Waals surface area contributed by atoms with Gasteiger partial charge in [0, 0.05) is 41.1 Å². The van der Waals surface area contributed by atoms with E-state index in [1.165, 1.54) is 16.2 Å². The molecule has 2 fully saturated rings. The van der Waals surface area contributed by atoms with E-state index < -0.39 is 108 Å². The van der Waals surface area contributed by atoms with Gasteiger partial charge in [0.1, 0.15) is 35.9 Å². The number of thiophene rings is 2. The number of fused-ring (bicyclic) bond motifs is 2. The van der Waals surface area contributed by atoms with E-state index in [1.807, 2.05) is 71.4 Å². The fourth-order valence-electron chi connectivity index (χ4n) is 8.65. The smallest absolute Gasteiger partial charge is 0.246 e. The third-order valence-corrected chi connectivity index (χ3v) is 14.7. The van der Waals surface area contributed by atoms with Gasteiger partial charge in [-0.1, -0.05) is 74.0 Å². The molecule has 0 unspecified atom stereocenters. The summed E-state index contributed by atoms with van der Waals surface area (Å²) >= 11 is 3.09. The summed E-state index contributed by atoms with van der Waals surface area (Å²) in [4.78, 5) is 112. The molecule has 2 aliphatic rings. The van der Waals surface area contributed by atoms with E-state index in [4.69, 9.17) is 17.2 Å². The topological polar surface area (TPSA) is 309 Å². The van der Waals surface area contributed by atoms with Crippen molar-refractivity contribution in [3.8, 4) is 21.7 Å². The summed E-state index contributed by atoms with van der Waals surface area (Å²) in [6.45, 7) is 3.58. The van der Waals surface area contributed by atoms with E-state index in [1.54, 1.807) is 36.1 Å². The maximum Gasteiger partial charge on any atom is 0.246 e. The second kappa shape index (κ2) is 23.0. The lowest BCUT2D eigenvalue weighted by atomic mass is 9.96. The van der Waals surface area contributed by atoms with Crippen LogP contribution in [0.4, 0.5) is 0 Å². The van der Waals surface area contributed by atoms with Gasteiger partial charge in [-0.25, -0.2) is 4.68 Å². The number of nitrogens with two attached hydrogens (primary N) is 3. The fourth-order valence-corrected chi connectivity index (χ4v) is 10.4. The van der Waals surface area contributed by atoms with Gasteiger partial charge in [-0.2, -0.15) is 0 Å². The van der Waals surface area contributed by atoms with E-state index >= 15 is 4.79 Å². The van der Waals surface area contributed by atoms with Crippen LogP contribution in [0, 0.1) is 5.92 Å². The lowest BCUT2D eigenvalue weighted by molar-refractivity contribution is -0.143. The van der Waals surface area contributed by atoms with E-state index in [-0.39, 0.29) is 32.4 Å². The van der Waals surface area contributed by atoms with Crippen LogP contribution in [0.2, 0.25) is 0 Å². The number of rotatable bonds is 10. The molecule has 2 aromatic carbocycles. The van der Waals surface area contributed by atoms with Gasteiger partial charge in [0.05, 0.1) is 31.1 Å². The fraction of sp³-hybridized carbons (Fsp3) is 0.417. The third kappa shape index (κ3) is 12.4. The Morgan fingerprint density at radius 1 is 0.843 bits per heavy atom. The summed E-state index contributed by atoms with van der Waals surface area (Å²) < 4.78 is 2.54. The van der Waals surface area contributed by atoms with Crippen LogP contribution in [0.15, 0.2) is 77.6 Å². The summed E-state index contributed by atoms with van der Waals surface area (Å²) in [6, 6.07) is 10.9. The van der Waals surface area contributed by atoms with Crippen molar-refractivity contribution in [2.45, 2.75) is 108 Å². The quantitative estimate of drug-likeness (QED) is 0.0995. The Hall–Kier alpha value is -7.04. The molecule has 5 aromatic rings. The largest absolute Gasteiger partial charge is 0.370 e. The van der Waals surface area contributed by atoms with Gasteiger partial charge in [-0.05, 0) is 64.6 Å². The van der Waals surface area contributed by atoms with Gasteiger partial charge in [0.15, 0.2) is 0 Å². The van der Waals surface area contributed by atoms with Crippen LogP contribution in [-0.2, 0) is 44.8 Å². The number of hydrogen-bond donors (Lipinski definition) is 8. The highest BCUT2D eigenvalue weighted by atomic mass is 32.1.